The molecule has 0 aromatic heterocycles. The van der Waals surface area contributed by atoms with Crippen LogP contribution in [-0.4, -0.2) is 25.8 Å². The van der Waals surface area contributed by atoms with Crippen LogP contribution in [0.4, 0.5) is 5.69 Å². The molecule has 3 aromatic carbocycles. The van der Waals surface area contributed by atoms with Gasteiger partial charge in [-0.3, -0.25) is 9.52 Å². The Morgan fingerprint density at radius 2 is 1.60 bits per heavy atom. The van der Waals surface area contributed by atoms with Crippen molar-refractivity contribution in [3.63, 3.8) is 0 Å². The first-order valence-electron chi connectivity index (χ1n) is 9.90. The normalized spacial score (nSPS) is 13.6. The van der Waals surface area contributed by atoms with Gasteiger partial charge in [0.2, 0.25) is 0 Å². The second-order valence-electron chi connectivity index (χ2n) is 7.64. The van der Waals surface area contributed by atoms with Gasteiger partial charge in [0.15, 0.2) is 0 Å². The molecule has 1 aliphatic rings. The molecule has 3 aromatic rings. The molecule has 0 saturated heterocycles. The Bertz CT molecular complexity index is 1200. The van der Waals surface area contributed by atoms with Gasteiger partial charge in [0.25, 0.3) is 15.9 Å². The van der Waals surface area contributed by atoms with Crippen LogP contribution in [0.1, 0.15) is 32.6 Å². The van der Waals surface area contributed by atoms with Crippen molar-refractivity contribution in [2.24, 2.45) is 0 Å². The number of rotatable bonds is 4. The quantitative estimate of drug-likeness (QED) is 0.684. The maximum absolute atomic E-state index is 13.2. The summed E-state index contributed by atoms with van der Waals surface area (Å²) < 4.78 is 28.2. The predicted molar refractivity (Wildman–Crippen MR) is 118 cm³/mol. The van der Waals surface area contributed by atoms with Gasteiger partial charge in [0, 0.05) is 18.7 Å². The highest BCUT2D eigenvalue weighted by Gasteiger charge is 2.24. The van der Waals surface area contributed by atoms with Gasteiger partial charge in [-0.25, -0.2) is 8.42 Å². The lowest BCUT2D eigenvalue weighted by atomic mass is 9.98. The van der Waals surface area contributed by atoms with Gasteiger partial charge >= 0.3 is 0 Å². The summed E-state index contributed by atoms with van der Waals surface area (Å²) in [5.74, 6) is -0.0848. The summed E-state index contributed by atoms with van der Waals surface area (Å²) in [4.78, 5) is 15.2. The lowest BCUT2D eigenvalue weighted by molar-refractivity contribution is 0.0734. The van der Waals surface area contributed by atoms with Crippen molar-refractivity contribution >= 4 is 21.6 Å². The first-order chi connectivity index (χ1) is 14.3. The van der Waals surface area contributed by atoms with E-state index >= 15 is 0 Å². The Balaban J connectivity index is 1.59. The van der Waals surface area contributed by atoms with E-state index in [1.165, 1.54) is 5.56 Å². The van der Waals surface area contributed by atoms with E-state index in [9.17, 15) is 13.2 Å². The van der Waals surface area contributed by atoms with E-state index in [1.54, 1.807) is 49.4 Å². The molecule has 0 radical (unpaired) electrons. The number of nitrogens with zero attached hydrogens (tertiary/aromatic N) is 1. The Hall–Kier alpha value is -3.12. The van der Waals surface area contributed by atoms with Gasteiger partial charge in [-0.05, 0) is 61.2 Å². The van der Waals surface area contributed by atoms with Crippen molar-refractivity contribution in [3.8, 4) is 0 Å². The maximum atomic E-state index is 13.2. The highest BCUT2D eigenvalue weighted by atomic mass is 32.2. The van der Waals surface area contributed by atoms with E-state index in [1.807, 2.05) is 30.0 Å². The molecule has 1 N–H and O–H groups in total. The fraction of sp³-hybridized carbons (Fsp3) is 0.208. The molecule has 0 spiro atoms. The number of hydrogen-bond donors (Lipinski definition) is 1. The molecule has 0 bridgehead atoms. The molecule has 1 aliphatic heterocycles. The number of carbonyl (C=O) groups is 1. The molecule has 0 unspecified atom stereocenters. The topological polar surface area (TPSA) is 66.5 Å². The van der Waals surface area contributed by atoms with Gasteiger partial charge < -0.3 is 4.90 Å². The fourth-order valence-corrected chi connectivity index (χ4v) is 4.86. The van der Waals surface area contributed by atoms with Crippen molar-refractivity contribution in [1.82, 2.24) is 4.90 Å². The van der Waals surface area contributed by atoms with Crippen LogP contribution in [0, 0.1) is 13.8 Å². The van der Waals surface area contributed by atoms with Crippen LogP contribution in [0.2, 0.25) is 0 Å². The van der Waals surface area contributed by atoms with Gasteiger partial charge in [0.05, 0.1) is 10.6 Å². The van der Waals surface area contributed by atoms with Crippen LogP contribution >= 0.6 is 0 Å². The zero-order valence-electron chi connectivity index (χ0n) is 17.1. The number of nitrogens with one attached hydrogen (secondary N) is 1. The van der Waals surface area contributed by atoms with Crippen molar-refractivity contribution in [1.29, 1.82) is 0 Å². The van der Waals surface area contributed by atoms with Crippen molar-refractivity contribution in [2.45, 2.75) is 31.7 Å². The van der Waals surface area contributed by atoms with E-state index in [-0.39, 0.29) is 10.8 Å². The summed E-state index contributed by atoms with van der Waals surface area (Å²) in [5, 5.41) is 0. The molecule has 30 heavy (non-hydrogen) atoms. The molecule has 0 aliphatic carbocycles. The first-order valence-corrected chi connectivity index (χ1v) is 11.4. The molecule has 5 nitrogen and oxygen atoms in total. The second kappa shape index (κ2) is 7.95. The zero-order valence-corrected chi connectivity index (χ0v) is 17.9. The van der Waals surface area contributed by atoms with E-state index in [2.05, 4.69) is 10.8 Å². The van der Waals surface area contributed by atoms with Gasteiger partial charge in [0.1, 0.15) is 0 Å². The summed E-state index contributed by atoms with van der Waals surface area (Å²) in [5.41, 5.74) is 4.97. The number of fused-ring (bicyclic) bond motifs is 1. The SMILES string of the molecule is Cc1ccc(S(=O)(=O)Nc2cccc(C(=O)N3CCc4ccccc4C3)c2C)cc1. The van der Waals surface area contributed by atoms with Crippen LogP contribution < -0.4 is 4.72 Å². The number of amides is 1. The maximum Gasteiger partial charge on any atom is 0.261 e. The van der Waals surface area contributed by atoms with E-state index in [0.29, 0.717) is 29.9 Å². The monoisotopic (exact) mass is 420 g/mol. The second-order valence-corrected chi connectivity index (χ2v) is 9.32. The molecule has 1 heterocycles. The largest absolute Gasteiger partial charge is 0.334 e. The summed E-state index contributed by atoms with van der Waals surface area (Å²) >= 11 is 0. The van der Waals surface area contributed by atoms with E-state index < -0.39 is 10.0 Å². The molecular weight excluding hydrogens is 396 g/mol. The lowest BCUT2D eigenvalue weighted by Gasteiger charge is -2.29. The summed E-state index contributed by atoms with van der Waals surface area (Å²) in [6, 6.07) is 20.0. The number of anilines is 1. The Morgan fingerprint density at radius 1 is 0.900 bits per heavy atom. The molecule has 0 atom stereocenters. The highest BCUT2D eigenvalue weighted by molar-refractivity contribution is 7.92. The molecule has 154 valence electrons. The molecule has 6 heteroatoms. The average Bonchev–Trinajstić information content (AvgIpc) is 2.74. The smallest absolute Gasteiger partial charge is 0.261 e. The van der Waals surface area contributed by atoms with Crippen molar-refractivity contribution in [2.75, 3.05) is 11.3 Å². The average molecular weight is 421 g/mol. The van der Waals surface area contributed by atoms with Gasteiger partial charge in [-0.2, -0.15) is 0 Å². The van der Waals surface area contributed by atoms with Gasteiger partial charge in [-0.1, -0.05) is 48.0 Å². The number of sulfonamides is 1. The van der Waals surface area contributed by atoms with Crippen LogP contribution in [0.3, 0.4) is 0 Å². The number of aryl methyl sites for hydroxylation is 1. The van der Waals surface area contributed by atoms with Crippen molar-refractivity contribution < 1.29 is 13.2 Å². The standard InChI is InChI=1S/C24H24N2O3S/c1-17-10-12-21(13-11-17)30(28,29)25-23-9-5-8-22(18(23)2)24(27)26-15-14-19-6-3-4-7-20(19)16-26/h3-13,25H,14-16H2,1-2H3. The lowest BCUT2D eigenvalue weighted by Crippen LogP contribution is -2.36. The molecule has 4 rings (SSSR count). The van der Waals surface area contributed by atoms with Crippen LogP contribution in [0.5, 0.6) is 0 Å². The third kappa shape index (κ3) is 3.96. The third-order valence-electron chi connectivity index (χ3n) is 5.56. The Labute approximate surface area is 177 Å². The fourth-order valence-electron chi connectivity index (χ4n) is 3.74. The number of carbonyl (C=O) groups excluding carboxylic acids is 1. The number of hydrogen-bond acceptors (Lipinski definition) is 3. The number of benzene rings is 3. The molecule has 1 amide bonds. The van der Waals surface area contributed by atoms with Crippen molar-refractivity contribution in [3.05, 3.63) is 94.5 Å². The minimum atomic E-state index is -3.73. The third-order valence-corrected chi connectivity index (χ3v) is 6.94. The Morgan fingerprint density at radius 3 is 2.33 bits per heavy atom. The zero-order chi connectivity index (χ0) is 21.3. The Kier molecular flexibility index (Phi) is 5.35. The van der Waals surface area contributed by atoms with Crippen LogP contribution in [0.15, 0.2) is 71.6 Å². The van der Waals surface area contributed by atoms with Crippen LogP contribution in [-0.2, 0) is 23.0 Å². The molecule has 0 fully saturated rings. The molecule has 0 saturated carbocycles. The minimum absolute atomic E-state index is 0.0848. The highest BCUT2D eigenvalue weighted by Crippen LogP contribution is 2.26. The van der Waals surface area contributed by atoms with E-state index in [0.717, 1.165) is 17.5 Å². The summed E-state index contributed by atoms with van der Waals surface area (Å²) in [6.07, 6.45) is 0.820. The van der Waals surface area contributed by atoms with Gasteiger partial charge in [-0.15, -0.1) is 0 Å². The summed E-state index contributed by atoms with van der Waals surface area (Å²) in [7, 11) is -3.73. The predicted octanol–water partition coefficient (Wildman–Crippen LogP) is 4.30. The first kappa shape index (κ1) is 20.2. The molecular formula is C24H24N2O3S. The minimum Gasteiger partial charge on any atom is -0.334 e. The summed E-state index contributed by atoms with van der Waals surface area (Å²) in [6.45, 7) is 4.89. The van der Waals surface area contributed by atoms with Crippen LogP contribution in [0.25, 0.3) is 0 Å². The van der Waals surface area contributed by atoms with E-state index in [4.69, 9.17) is 0 Å².